The third-order valence-electron chi connectivity index (χ3n) is 2.35. The van der Waals surface area contributed by atoms with E-state index in [2.05, 4.69) is 5.32 Å². The lowest BCUT2D eigenvalue weighted by Crippen LogP contribution is -2.18. The van der Waals surface area contributed by atoms with Gasteiger partial charge >= 0.3 is 0 Å². The summed E-state index contributed by atoms with van der Waals surface area (Å²) in [7, 11) is -3.11. The predicted molar refractivity (Wildman–Crippen MR) is 73.0 cm³/mol. The topological polar surface area (TPSA) is 89.3 Å². The highest BCUT2D eigenvalue weighted by molar-refractivity contribution is 7.91. The number of anilines is 2. The lowest BCUT2D eigenvalue weighted by atomic mass is 10.3. The summed E-state index contributed by atoms with van der Waals surface area (Å²) in [6.45, 7) is 1.80. The van der Waals surface area contributed by atoms with Crippen LogP contribution in [0.15, 0.2) is 24.3 Å². The summed E-state index contributed by atoms with van der Waals surface area (Å²) >= 11 is 0. The van der Waals surface area contributed by atoms with E-state index in [4.69, 9.17) is 5.73 Å². The van der Waals surface area contributed by atoms with Gasteiger partial charge in [0.25, 0.3) is 0 Å². The molecule has 0 aliphatic rings. The molecule has 0 unspecified atom stereocenters. The number of nitrogens with one attached hydrogen (secondary N) is 1. The van der Waals surface area contributed by atoms with E-state index in [1.807, 2.05) is 0 Å². The van der Waals surface area contributed by atoms with Gasteiger partial charge in [-0.3, -0.25) is 4.79 Å². The van der Waals surface area contributed by atoms with Gasteiger partial charge in [-0.1, -0.05) is 6.92 Å². The molecule has 0 aromatic heterocycles. The highest BCUT2D eigenvalue weighted by Gasteiger charge is 2.12. The molecule has 0 saturated heterocycles. The highest BCUT2D eigenvalue weighted by atomic mass is 32.2. The van der Waals surface area contributed by atoms with Crippen LogP contribution in [0, 0.1) is 0 Å². The fraction of sp³-hybridized carbons (Fsp3) is 0.417. The fourth-order valence-electron chi connectivity index (χ4n) is 1.45. The molecule has 0 radical (unpaired) electrons. The first-order valence-electron chi connectivity index (χ1n) is 5.79. The van der Waals surface area contributed by atoms with Crippen molar-refractivity contribution < 1.29 is 13.2 Å². The average Bonchev–Trinajstić information content (AvgIpc) is 2.30. The van der Waals surface area contributed by atoms with Gasteiger partial charge in [-0.25, -0.2) is 8.42 Å². The molecule has 0 heterocycles. The number of amides is 1. The van der Waals surface area contributed by atoms with E-state index in [1.54, 1.807) is 31.2 Å². The number of sulfone groups is 1. The Morgan fingerprint density at radius 1 is 1.22 bits per heavy atom. The minimum atomic E-state index is -3.11. The summed E-state index contributed by atoms with van der Waals surface area (Å²) in [6.07, 6.45) is 0.550. The second-order valence-electron chi connectivity index (χ2n) is 4.07. The molecule has 0 spiro atoms. The Labute approximate surface area is 107 Å². The Morgan fingerprint density at radius 2 is 1.83 bits per heavy atom. The van der Waals surface area contributed by atoms with Gasteiger partial charge in [0, 0.05) is 23.5 Å². The molecule has 1 amide bonds. The maximum absolute atomic E-state index is 11.5. The van der Waals surface area contributed by atoms with Crippen molar-refractivity contribution in [2.24, 2.45) is 0 Å². The molecule has 0 saturated carbocycles. The van der Waals surface area contributed by atoms with Gasteiger partial charge in [-0.2, -0.15) is 0 Å². The number of hydrogen-bond donors (Lipinski definition) is 2. The first-order valence-corrected chi connectivity index (χ1v) is 7.61. The Balaban J connectivity index is 2.45. The monoisotopic (exact) mass is 270 g/mol. The molecule has 1 aromatic carbocycles. The Bertz CT molecular complexity index is 495. The van der Waals surface area contributed by atoms with Gasteiger partial charge < -0.3 is 11.1 Å². The molecule has 0 fully saturated rings. The quantitative estimate of drug-likeness (QED) is 0.765. The van der Waals surface area contributed by atoms with E-state index in [-0.39, 0.29) is 23.8 Å². The second kappa shape index (κ2) is 6.39. The van der Waals surface area contributed by atoms with Crippen LogP contribution in [0.3, 0.4) is 0 Å². The van der Waals surface area contributed by atoms with Crippen LogP contribution in [0.5, 0.6) is 0 Å². The van der Waals surface area contributed by atoms with Crippen LogP contribution in [0.4, 0.5) is 11.4 Å². The Kier molecular flexibility index (Phi) is 5.15. The molecule has 5 nitrogen and oxygen atoms in total. The number of hydrogen-bond acceptors (Lipinski definition) is 4. The van der Waals surface area contributed by atoms with Gasteiger partial charge in [0.1, 0.15) is 0 Å². The van der Waals surface area contributed by atoms with Gasteiger partial charge in [-0.15, -0.1) is 0 Å². The summed E-state index contributed by atoms with van der Waals surface area (Å²) in [6, 6.07) is 6.69. The molecule has 100 valence electrons. The van der Waals surface area contributed by atoms with Gasteiger partial charge in [0.05, 0.1) is 5.75 Å². The normalized spacial score (nSPS) is 11.2. The van der Waals surface area contributed by atoms with E-state index < -0.39 is 9.84 Å². The van der Waals surface area contributed by atoms with E-state index in [1.165, 1.54) is 0 Å². The van der Waals surface area contributed by atoms with Gasteiger partial charge in [0.2, 0.25) is 5.91 Å². The van der Waals surface area contributed by atoms with Crippen LogP contribution in [-0.2, 0) is 14.6 Å². The average molecular weight is 270 g/mol. The number of benzene rings is 1. The highest BCUT2D eigenvalue weighted by Crippen LogP contribution is 2.10. The molecule has 18 heavy (non-hydrogen) atoms. The van der Waals surface area contributed by atoms with Crippen molar-refractivity contribution in [2.45, 2.75) is 19.8 Å². The van der Waals surface area contributed by atoms with Crippen molar-refractivity contribution in [2.75, 3.05) is 22.6 Å². The zero-order valence-electron chi connectivity index (χ0n) is 10.3. The minimum absolute atomic E-state index is 0.0211. The molecule has 0 aliphatic heterocycles. The minimum Gasteiger partial charge on any atom is -0.399 e. The van der Waals surface area contributed by atoms with E-state index in [0.29, 0.717) is 17.8 Å². The van der Waals surface area contributed by atoms with Gasteiger partial charge in [0.15, 0.2) is 9.84 Å². The van der Waals surface area contributed by atoms with Gasteiger partial charge in [-0.05, 0) is 30.7 Å². The van der Waals surface area contributed by atoms with Crippen LogP contribution < -0.4 is 11.1 Å². The van der Waals surface area contributed by atoms with E-state index in [9.17, 15) is 13.2 Å². The van der Waals surface area contributed by atoms with E-state index in [0.717, 1.165) is 0 Å². The van der Waals surface area contributed by atoms with Crippen LogP contribution in [0.1, 0.15) is 19.8 Å². The lowest BCUT2D eigenvalue weighted by Gasteiger charge is -2.06. The molecular weight excluding hydrogens is 252 g/mol. The molecule has 1 rings (SSSR count). The predicted octanol–water partition coefficient (Wildman–Crippen LogP) is 1.42. The third kappa shape index (κ3) is 5.18. The van der Waals surface area contributed by atoms with E-state index >= 15 is 0 Å². The first-order chi connectivity index (χ1) is 8.43. The summed E-state index contributed by atoms with van der Waals surface area (Å²) in [5.41, 5.74) is 6.74. The smallest absolute Gasteiger partial charge is 0.225 e. The van der Waals surface area contributed by atoms with Crippen molar-refractivity contribution in [3.63, 3.8) is 0 Å². The summed E-state index contributed by atoms with van der Waals surface area (Å²) in [5, 5.41) is 2.62. The maximum atomic E-state index is 11.5. The zero-order chi connectivity index (χ0) is 13.6. The standard InChI is InChI=1S/C12H18N2O3S/c1-2-8-18(16,17)9-7-12(15)14-11-5-3-10(13)4-6-11/h3-6H,2,7-9,13H2,1H3,(H,14,15). The van der Waals surface area contributed by atoms with Crippen molar-refractivity contribution >= 4 is 27.1 Å². The molecule has 6 heteroatoms. The first kappa shape index (κ1) is 14.5. The maximum Gasteiger partial charge on any atom is 0.225 e. The van der Waals surface area contributed by atoms with Crippen LogP contribution in [0.2, 0.25) is 0 Å². The zero-order valence-corrected chi connectivity index (χ0v) is 11.2. The fourth-order valence-corrected chi connectivity index (χ4v) is 2.77. The molecule has 0 aliphatic carbocycles. The summed E-state index contributed by atoms with van der Waals surface area (Å²) in [4.78, 5) is 11.5. The van der Waals surface area contributed by atoms with Crippen molar-refractivity contribution in [1.29, 1.82) is 0 Å². The van der Waals surface area contributed by atoms with Crippen molar-refractivity contribution in [3.8, 4) is 0 Å². The lowest BCUT2D eigenvalue weighted by molar-refractivity contribution is -0.115. The van der Waals surface area contributed by atoms with Crippen molar-refractivity contribution in [3.05, 3.63) is 24.3 Å². The van der Waals surface area contributed by atoms with Crippen LogP contribution >= 0.6 is 0 Å². The van der Waals surface area contributed by atoms with Crippen molar-refractivity contribution in [1.82, 2.24) is 0 Å². The number of carbonyl (C=O) groups excluding carboxylic acids is 1. The SMILES string of the molecule is CCCS(=O)(=O)CCC(=O)Nc1ccc(N)cc1. The van der Waals surface area contributed by atoms with Crippen LogP contribution in [0.25, 0.3) is 0 Å². The number of carbonyl (C=O) groups is 1. The number of rotatable bonds is 6. The van der Waals surface area contributed by atoms with Crippen LogP contribution in [-0.4, -0.2) is 25.8 Å². The molecular formula is C12H18N2O3S. The summed E-state index contributed by atoms with van der Waals surface area (Å²) in [5.74, 6) is -0.288. The molecule has 0 bridgehead atoms. The Morgan fingerprint density at radius 3 is 2.39 bits per heavy atom. The molecule has 3 N–H and O–H groups in total. The second-order valence-corrected chi connectivity index (χ2v) is 6.38. The largest absolute Gasteiger partial charge is 0.399 e. The Hall–Kier alpha value is -1.56. The molecule has 1 aromatic rings. The number of nitrogen functional groups attached to an aromatic ring is 1. The number of nitrogens with two attached hydrogens (primary N) is 1. The molecule has 0 atom stereocenters. The third-order valence-corrected chi connectivity index (χ3v) is 4.21. The summed E-state index contributed by atoms with van der Waals surface area (Å²) < 4.78 is 22.9.